The van der Waals surface area contributed by atoms with E-state index in [2.05, 4.69) is 0 Å². The minimum Gasteiger partial charge on any atom is -0.480 e. The molecule has 0 aliphatic carbocycles. The number of hydrogen-bond donors (Lipinski definition) is 1. The number of aliphatic carboxylic acids is 1. The Bertz CT molecular complexity index is 584. The summed E-state index contributed by atoms with van der Waals surface area (Å²) < 4.78 is 24.3. The third kappa shape index (κ3) is 5.02. The number of carbonyl (C=O) groups is 1. The zero-order valence-electron chi connectivity index (χ0n) is 12.6. The quantitative estimate of drug-likeness (QED) is 0.769. The van der Waals surface area contributed by atoms with Crippen molar-refractivity contribution in [3.63, 3.8) is 0 Å². The fraction of sp³-hybridized carbons (Fsp3) is 0.500. The standard InChI is InChI=1S/C14H22N2O4S/c1-4-21(19,20)13-8-6-5-7-12(13)16(11-14(17)18)10-9-15(2)3/h5-8H,4,9-11H2,1-3H3,(H,17,18). The van der Waals surface area contributed by atoms with Crippen molar-refractivity contribution in [3.05, 3.63) is 24.3 Å². The van der Waals surface area contributed by atoms with Crippen molar-refractivity contribution in [3.8, 4) is 0 Å². The molecule has 118 valence electrons. The average molecular weight is 314 g/mol. The third-order valence-corrected chi connectivity index (χ3v) is 4.84. The second kappa shape index (κ2) is 7.42. The van der Waals surface area contributed by atoms with Crippen LogP contribution in [0.2, 0.25) is 0 Å². The molecule has 1 N–H and O–H groups in total. The molecule has 0 spiro atoms. The number of carboxylic acid groups (broad SMARTS) is 1. The van der Waals surface area contributed by atoms with Crippen LogP contribution in [0, 0.1) is 0 Å². The Hall–Kier alpha value is -1.60. The summed E-state index contributed by atoms with van der Waals surface area (Å²) in [7, 11) is 0.369. The van der Waals surface area contributed by atoms with Crippen LogP contribution in [-0.4, -0.2) is 63.9 Å². The minimum absolute atomic E-state index is 0.0153. The molecule has 0 atom stereocenters. The summed E-state index contributed by atoms with van der Waals surface area (Å²) in [6, 6.07) is 6.55. The molecule has 0 unspecified atom stereocenters. The van der Waals surface area contributed by atoms with E-state index in [1.807, 2.05) is 19.0 Å². The summed E-state index contributed by atoms with van der Waals surface area (Å²) in [5.41, 5.74) is 0.448. The highest BCUT2D eigenvalue weighted by Crippen LogP contribution is 2.25. The van der Waals surface area contributed by atoms with E-state index in [1.165, 1.54) is 6.07 Å². The molecule has 1 rings (SSSR count). The SMILES string of the molecule is CCS(=O)(=O)c1ccccc1N(CCN(C)C)CC(=O)O. The van der Waals surface area contributed by atoms with Gasteiger partial charge < -0.3 is 14.9 Å². The number of carboxylic acids is 1. The largest absolute Gasteiger partial charge is 0.480 e. The van der Waals surface area contributed by atoms with Crippen LogP contribution in [0.4, 0.5) is 5.69 Å². The Labute approximate surface area is 125 Å². The predicted octanol–water partition coefficient (Wildman–Crippen LogP) is 0.933. The van der Waals surface area contributed by atoms with Crippen LogP contribution in [0.25, 0.3) is 0 Å². The van der Waals surface area contributed by atoms with Gasteiger partial charge in [-0.05, 0) is 26.2 Å². The van der Waals surface area contributed by atoms with E-state index in [4.69, 9.17) is 5.11 Å². The Balaban J connectivity index is 3.21. The van der Waals surface area contributed by atoms with Gasteiger partial charge in [0.05, 0.1) is 16.3 Å². The van der Waals surface area contributed by atoms with E-state index in [9.17, 15) is 13.2 Å². The molecular weight excluding hydrogens is 292 g/mol. The molecule has 7 heteroatoms. The predicted molar refractivity (Wildman–Crippen MR) is 82.6 cm³/mol. The lowest BCUT2D eigenvalue weighted by molar-refractivity contribution is -0.135. The lowest BCUT2D eigenvalue weighted by atomic mass is 10.2. The molecule has 1 aromatic rings. The van der Waals surface area contributed by atoms with Crippen LogP contribution in [0.1, 0.15) is 6.92 Å². The van der Waals surface area contributed by atoms with Crippen molar-refractivity contribution in [1.29, 1.82) is 0 Å². The van der Waals surface area contributed by atoms with Crippen LogP contribution in [0.15, 0.2) is 29.2 Å². The molecule has 0 aliphatic rings. The first kappa shape index (κ1) is 17.5. The number of nitrogens with zero attached hydrogens (tertiary/aromatic N) is 2. The molecule has 0 fully saturated rings. The maximum Gasteiger partial charge on any atom is 0.323 e. The summed E-state index contributed by atoms with van der Waals surface area (Å²) in [5.74, 6) is -1.00. The van der Waals surface area contributed by atoms with Crippen molar-refractivity contribution in [2.75, 3.05) is 44.4 Å². The summed E-state index contributed by atoms with van der Waals surface area (Å²) in [5, 5.41) is 9.06. The molecule has 6 nitrogen and oxygen atoms in total. The van der Waals surface area contributed by atoms with Gasteiger partial charge in [-0.3, -0.25) is 4.79 Å². The highest BCUT2D eigenvalue weighted by atomic mass is 32.2. The van der Waals surface area contributed by atoms with Gasteiger partial charge in [0.1, 0.15) is 6.54 Å². The first-order valence-corrected chi connectivity index (χ1v) is 8.36. The normalized spacial score (nSPS) is 11.6. The molecule has 0 saturated carbocycles. The Kier molecular flexibility index (Phi) is 6.17. The molecule has 0 amide bonds. The topological polar surface area (TPSA) is 77.9 Å². The Morgan fingerprint density at radius 2 is 1.81 bits per heavy atom. The smallest absolute Gasteiger partial charge is 0.323 e. The van der Waals surface area contributed by atoms with Gasteiger partial charge in [0.15, 0.2) is 9.84 Å². The second-order valence-electron chi connectivity index (χ2n) is 4.99. The first-order valence-electron chi connectivity index (χ1n) is 6.71. The van der Waals surface area contributed by atoms with Crippen LogP contribution >= 0.6 is 0 Å². The van der Waals surface area contributed by atoms with E-state index in [-0.39, 0.29) is 17.2 Å². The monoisotopic (exact) mass is 314 g/mol. The van der Waals surface area contributed by atoms with Crippen LogP contribution in [0.3, 0.4) is 0 Å². The van der Waals surface area contributed by atoms with Crippen molar-refractivity contribution in [2.45, 2.75) is 11.8 Å². The van der Waals surface area contributed by atoms with Gasteiger partial charge in [0, 0.05) is 13.1 Å². The van der Waals surface area contributed by atoms with Crippen LogP contribution in [-0.2, 0) is 14.6 Å². The molecule has 0 aromatic heterocycles. The Morgan fingerprint density at radius 3 is 2.33 bits per heavy atom. The lowest BCUT2D eigenvalue weighted by Gasteiger charge is -2.26. The number of benzene rings is 1. The van der Waals surface area contributed by atoms with Gasteiger partial charge in [-0.15, -0.1) is 0 Å². The molecule has 0 bridgehead atoms. The van der Waals surface area contributed by atoms with Gasteiger partial charge in [0.25, 0.3) is 0 Å². The lowest BCUT2D eigenvalue weighted by Crippen LogP contribution is -2.36. The molecule has 0 heterocycles. The maximum absolute atomic E-state index is 12.2. The number of rotatable bonds is 8. The fourth-order valence-electron chi connectivity index (χ4n) is 1.91. The van der Waals surface area contributed by atoms with Crippen molar-refractivity contribution in [2.24, 2.45) is 0 Å². The van der Waals surface area contributed by atoms with E-state index in [1.54, 1.807) is 30.0 Å². The highest BCUT2D eigenvalue weighted by molar-refractivity contribution is 7.91. The van der Waals surface area contributed by atoms with Crippen molar-refractivity contribution in [1.82, 2.24) is 4.90 Å². The number of anilines is 1. The van der Waals surface area contributed by atoms with Gasteiger partial charge in [-0.1, -0.05) is 19.1 Å². The Morgan fingerprint density at radius 1 is 1.19 bits per heavy atom. The van der Waals surface area contributed by atoms with E-state index in [0.29, 0.717) is 18.8 Å². The van der Waals surface area contributed by atoms with Crippen molar-refractivity contribution >= 4 is 21.5 Å². The highest BCUT2D eigenvalue weighted by Gasteiger charge is 2.21. The second-order valence-corrected chi connectivity index (χ2v) is 7.24. The molecule has 0 saturated heterocycles. The van der Waals surface area contributed by atoms with Crippen LogP contribution < -0.4 is 4.90 Å². The zero-order valence-corrected chi connectivity index (χ0v) is 13.4. The summed E-state index contributed by atoms with van der Waals surface area (Å²) >= 11 is 0. The van der Waals surface area contributed by atoms with Crippen LogP contribution in [0.5, 0.6) is 0 Å². The maximum atomic E-state index is 12.2. The van der Waals surface area contributed by atoms with Crippen molar-refractivity contribution < 1.29 is 18.3 Å². The van der Waals surface area contributed by atoms with E-state index < -0.39 is 15.8 Å². The summed E-state index contributed by atoms with van der Waals surface area (Å²) in [4.78, 5) is 14.8. The molecule has 0 radical (unpaired) electrons. The zero-order chi connectivity index (χ0) is 16.0. The van der Waals surface area contributed by atoms with Gasteiger partial charge >= 0.3 is 5.97 Å². The van der Waals surface area contributed by atoms with E-state index >= 15 is 0 Å². The van der Waals surface area contributed by atoms with Gasteiger partial charge in [0.2, 0.25) is 0 Å². The molecule has 21 heavy (non-hydrogen) atoms. The molecular formula is C14H22N2O4S. The number of para-hydroxylation sites is 1. The molecule has 0 aliphatic heterocycles. The van der Waals surface area contributed by atoms with E-state index in [0.717, 1.165) is 0 Å². The van der Waals surface area contributed by atoms with Gasteiger partial charge in [-0.25, -0.2) is 8.42 Å². The average Bonchev–Trinajstić information content (AvgIpc) is 2.43. The minimum atomic E-state index is -3.40. The fourth-order valence-corrected chi connectivity index (χ4v) is 3.02. The number of hydrogen-bond acceptors (Lipinski definition) is 5. The molecule has 1 aromatic carbocycles. The number of sulfone groups is 1. The summed E-state index contributed by atoms with van der Waals surface area (Å²) in [6.45, 7) is 2.42. The van der Waals surface area contributed by atoms with Gasteiger partial charge in [-0.2, -0.15) is 0 Å². The number of likely N-dealkylation sites (N-methyl/N-ethyl adjacent to an activating group) is 1. The third-order valence-electron chi connectivity index (χ3n) is 3.06. The summed E-state index contributed by atoms with van der Waals surface area (Å²) in [6.07, 6.45) is 0. The first-order chi connectivity index (χ1) is 9.77.